The van der Waals surface area contributed by atoms with Crippen molar-refractivity contribution in [3.8, 4) is 5.75 Å². The Balaban J connectivity index is 1.31. The van der Waals surface area contributed by atoms with E-state index in [0.29, 0.717) is 5.02 Å². The first kappa shape index (κ1) is 20.3. The molecule has 0 bridgehead atoms. The Morgan fingerprint density at radius 3 is 2.55 bits per heavy atom. The Bertz CT molecular complexity index is 1460. The Morgan fingerprint density at radius 1 is 0.939 bits per heavy atom. The second-order valence-corrected chi connectivity index (χ2v) is 9.08. The van der Waals surface area contributed by atoms with Crippen LogP contribution in [0.5, 0.6) is 5.75 Å². The molecule has 1 saturated heterocycles. The maximum Gasteiger partial charge on any atom is 0.124 e. The van der Waals surface area contributed by atoms with E-state index in [4.69, 9.17) is 16.3 Å². The second kappa shape index (κ2) is 8.25. The molecule has 0 aliphatic carbocycles. The van der Waals surface area contributed by atoms with Gasteiger partial charge in [0, 0.05) is 76.9 Å². The molecule has 0 radical (unpaired) electrons. The number of nitrogens with one attached hydrogen (secondary N) is 1. The molecule has 0 atom stereocenters. The SMILES string of the molecule is COc1cc2c(cc1CN1CCN(c3ccccc3)CC1)[nH]c1c3ccc(Cl)cc3ncc21. The molecule has 5 nitrogen and oxygen atoms in total. The van der Waals surface area contributed by atoms with Crippen LogP contribution in [-0.2, 0) is 6.54 Å². The zero-order valence-corrected chi connectivity index (χ0v) is 19.3. The predicted molar refractivity (Wildman–Crippen MR) is 137 cm³/mol. The standard InChI is InChI=1S/C27H25ClN4O/c1-33-26-15-22-23-16-29-24-14-19(28)7-8-21(24)27(23)30-25(22)13-18(26)17-31-9-11-32(12-10-31)20-5-3-2-4-6-20/h2-8,13-16,30H,9-12,17H2,1H3. The highest BCUT2D eigenvalue weighted by Crippen LogP contribution is 2.35. The van der Waals surface area contributed by atoms with Gasteiger partial charge in [-0.2, -0.15) is 0 Å². The molecule has 0 amide bonds. The summed E-state index contributed by atoms with van der Waals surface area (Å²) in [6.07, 6.45) is 1.93. The molecule has 1 aliphatic rings. The zero-order chi connectivity index (χ0) is 22.4. The summed E-state index contributed by atoms with van der Waals surface area (Å²) in [5.74, 6) is 0.921. The maximum absolute atomic E-state index is 6.17. The molecular formula is C27H25ClN4O. The van der Waals surface area contributed by atoms with Crippen LogP contribution in [0.25, 0.3) is 32.7 Å². The Hall–Kier alpha value is -3.28. The van der Waals surface area contributed by atoms with Gasteiger partial charge in [-0.05, 0) is 42.5 Å². The Kier molecular flexibility index (Phi) is 5.08. The number of aromatic nitrogens is 2. The first-order valence-corrected chi connectivity index (χ1v) is 11.7. The van der Waals surface area contributed by atoms with E-state index in [1.807, 2.05) is 24.4 Å². The predicted octanol–water partition coefficient (Wildman–Crippen LogP) is 5.85. The van der Waals surface area contributed by atoms with Gasteiger partial charge in [-0.25, -0.2) is 0 Å². The first-order valence-electron chi connectivity index (χ1n) is 11.3. The van der Waals surface area contributed by atoms with Crippen LogP contribution in [0.15, 0.2) is 66.9 Å². The van der Waals surface area contributed by atoms with E-state index < -0.39 is 0 Å². The lowest BCUT2D eigenvalue weighted by Crippen LogP contribution is -2.46. The molecule has 0 unspecified atom stereocenters. The fourth-order valence-electron chi connectivity index (χ4n) is 4.95. The normalized spacial score (nSPS) is 15.0. The van der Waals surface area contributed by atoms with E-state index in [1.165, 1.54) is 11.3 Å². The average molecular weight is 457 g/mol. The van der Waals surface area contributed by atoms with Crippen molar-refractivity contribution in [1.82, 2.24) is 14.9 Å². The van der Waals surface area contributed by atoms with Gasteiger partial charge in [-0.15, -0.1) is 0 Å². The van der Waals surface area contributed by atoms with Gasteiger partial charge in [0.05, 0.1) is 18.1 Å². The summed E-state index contributed by atoms with van der Waals surface area (Å²) in [6.45, 7) is 4.98. The van der Waals surface area contributed by atoms with Gasteiger partial charge in [0.2, 0.25) is 0 Å². The van der Waals surface area contributed by atoms with E-state index in [2.05, 4.69) is 62.2 Å². The van der Waals surface area contributed by atoms with Gasteiger partial charge in [0.25, 0.3) is 0 Å². The summed E-state index contributed by atoms with van der Waals surface area (Å²) in [5.41, 5.74) is 5.58. The molecule has 2 aromatic heterocycles. The number of pyridine rings is 1. The zero-order valence-electron chi connectivity index (χ0n) is 18.5. The lowest BCUT2D eigenvalue weighted by atomic mass is 10.1. The summed E-state index contributed by atoms with van der Waals surface area (Å²) >= 11 is 6.17. The third-order valence-corrected chi connectivity index (χ3v) is 6.92. The molecule has 33 heavy (non-hydrogen) atoms. The van der Waals surface area contributed by atoms with Gasteiger partial charge in [-0.1, -0.05) is 29.8 Å². The molecule has 6 rings (SSSR count). The van der Waals surface area contributed by atoms with Crippen molar-refractivity contribution in [3.63, 3.8) is 0 Å². The van der Waals surface area contributed by atoms with Crippen LogP contribution in [0.4, 0.5) is 5.69 Å². The third kappa shape index (κ3) is 3.67. The quantitative estimate of drug-likeness (QED) is 0.368. The molecule has 6 heteroatoms. The van der Waals surface area contributed by atoms with Crippen LogP contribution in [0.2, 0.25) is 5.02 Å². The van der Waals surface area contributed by atoms with Crippen molar-refractivity contribution in [1.29, 1.82) is 0 Å². The number of nitrogens with zero attached hydrogens (tertiary/aromatic N) is 3. The summed E-state index contributed by atoms with van der Waals surface area (Å²) in [4.78, 5) is 13.2. The Morgan fingerprint density at radius 2 is 1.76 bits per heavy atom. The number of hydrogen-bond donors (Lipinski definition) is 1. The molecule has 166 valence electrons. The number of aromatic amines is 1. The minimum absolute atomic E-state index is 0.696. The van der Waals surface area contributed by atoms with Crippen molar-refractivity contribution in [2.45, 2.75) is 6.54 Å². The minimum Gasteiger partial charge on any atom is -0.496 e. The average Bonchev–Trinajstić information content (AvgIpc) is 3.22. The smallest absolute Gasteiger partial charge is 0.124 e. The van der Waals surface area contributed by atoms with Gasteiger partial charge >= 0.3 is 0 Å². The molecule has 1 fully saturated rings. The number of hydrogen-bond acceptors (Lipinski definition) is 4. The molecule has 0 saturated carbocycles. The third-order valence-electron chi connectivity index (χ3n) is 6.69. The van der Waals surface area contributed by atoms with Crippen molar-refractivity contribution in [3.05, 3.63) is 77.4 Å². The summed E-state index contributed by atoms with van der Waals surface area (Å²) in [5, 5.41) is 4.00. The molecule has 3 aromatic carbocycles. The van der Waals surface area contributed by atoms with Crippen LogP contribution in [0, 0.1) is 0 Å². The van der Waals surface area contributed by atoms with Crippen LogP contribution in [0.1, 0.15) is 5.56 Å². The maximum atomic E-state index is 6.17. The fourth-order valence-corrected chi connectivity index (χ4v) is 5.12. The Labute approximate surface area is 197 Å². The topological polar surface area (TPSA) is 44.4 Å². The van der Waals surface area contributed by atoms with E-state index in [1.54, 1.807) is 7.11 Å². The summed E-state index contributed by atoms with van der Waals surface area (Å²) in [7, 11) is 1.75. The van der Waals surface area contributed by atoms with E-state index >= 15 is 0 Å². The highest BCUT2D eigenvalue weighted by Gasteiger charge is 2.20. The van der Waals surface area contributed by atoms with Gasteiger partial charge in [0.15, 0.2) is 0 Å². The number of methoxy groups -OCH3 is 1. The fraction of sp³-hybridized carbons (Fsp3) is 0.222. The number of halogens is 1. The first-order chi connectivity index (χ1) is 16.2. The number of fused-ring (bicyclic) bond motifs is 5. The molecule has 1 N–H and O–H groups in total. The molecule has 5 aromatic rings. The van der Waals surface area contributed by atoms with Gasteiger partial charge < -0.3 is 14.6 Å². The highest BCUT2D eigenvalue weighted by atomic mass is 35.5. The van der Waals surface area contributed by atoms with Crippen LogP contribution < -0.4 is 9.64 Å². The molecule has 3 heterocycles. The van der Waals surface area contributed by atoms with Crippen molar-refractivity contribution >= 4 is 50.0 Å². The van der Waals surface area contributed by atoms with E-state index in [0.717, 1.165) is 71.2 Å². The number of H-pyrrole nitrogens is 1. The number of ether oxygens (including phenoxy) is 1. The van der Waals surface area contributed by atoms with Crippen molar-refractivity contribution in [2.24, 2.45) is 0 Å². The van der Waals surface area contributed by atoms with Crippen molar-refractivity contribution in [2.75, 3.05) is 38.2 Å². The van der Waals surface area contributed by atoms with E-state index in [-0.39, 0.29) is 0 Å². The monoisotopic (exact) mass is 456 g/mol. The summed E-state index contributed by atoms with van der Waals surface area (Å²) in [6, 6.07) is 20.9. The van der Waals surface area contributed by atoms with Gasteiger partial charge in [0.1, 0.15) is 5.75 Å². The van der Waals surface area contributed by atoms with Crippen LogP contribution in [-0.4, -0.2) is 48.2 Å². The van der Waals surface area contributed by atoms with E-state index in [9.17, 15) is 0 Å². The largest absolute Gasteiger partial charge is 0.496 e. The number of piperazine rings is 1. The highest BCUT2D eigenvalue weighted by molar-refractivity contribution is 6.31. The lowest BCUT2D eigenvalue weighted by Gasteiger charge is -2.36. The number of benzene rings is 3. The van der Waals surface area contributed by atoms with Gasteiger partial charge in [-0.3, -0.25) is 9.88 Å². The minimum atomic E-state index is 0.696. The molecule has 0 spiro atoms. The van der Waals surface area contributed by atoms with Crippen LogP contribution >= 0.6 is 11.6 Å². The second-order valence-electron chi connectivity index (χ2n) is 8.64. The van der Waals surface area contributed by atoms with Crippen LogP contribution in [0.3, 0.4) is 0 Å². The summed E-state index contributed by atoms with van der Waals surface area (Å²) < 4.78 is 5.82. The van der Waals surface area contributed by atoms with Crippen molar-refractivity contribution < 1.29 is 4.74 Å². The number of anilines is 1. The number of para-hydroxylation sites is 1. The number of rotatable bonds is 4. The lowest BCUT2D eigenvalue weighted by molar-refractivity contribution is 0.246. The molecular weight excluding hydrogens is 432 g/mol. The molecule has 1 aliphatic heterocycles.